The van der Waals surface area contributed by atoms with Crippen LogP contribution in [0.1, 0.15) is 43.4 Å². The van der Waals surface area contributed by atoms with Crippen molar-refractivity contribution in [2.45, 2.75) is 36.7 Å². The van der Waals surface area contributed by atoms with Crippen molar-refractivity contribution in [1.29, 1.82) is 0 Å². The number of benzene rings is 2. The smallest absolute Gasteiger partial charge is 0.229 e. The van der Waals surface area contributed by atoms with Crippen LogP contribution in [0.3, 0.4) is 0 Å². The summed E-state index contributed by atoms with van der Waals surface area (Å²) in [4.78, 5) is 30.7. The van der Waals surface area contributed by atoms with E-state index < -0.39 is 54.1 Å². The molecule has 0 aromatic heterocycles. The molecule has 1 saturated heterocycles. The van der Waals surface area contributed by atoms with Crippen LogP contribution in [0.2, 0.25) is 0 Å². The van der Waals surface area contributed by atoms with E-state index in [4.69, 9.17) is 25.7 Å². The zero-order valence-corrected chi connectivity index (χ0v) is 18.6. The highest BCUT2D eigenvalue weighted by atomic mass is 16.7. The summed E-state index contributed by atoms with van der Waals surface area (Å²) in [5.74, 6) is -2.52. The number of guanidine groups is 1. The van der Waals surface area contributed by atoms with Crippen molar-refractivity contribution >= 4 is 17.5 Å². The quantitative estimate of drug-likeness (QED) is 0.181. The van der Waals surface area contributed by atoms with Crippen LogP contribution >= 0.6 is 0 Å². The number of phenols is 1. The number of aliphatic imine (C=N–C) groups is 1. The van der Waals surface area contributed by atoms with Crippen molar-refractivity contribution in [2.75, 3.05) is 6.61 Å². The number of aromatic hydroxyl groups is 1. The van der Waals surface area contributed by atoms with Gasteiger partial charge in [-0.3, -0.25) is 9.59 Å². The molecule has 2 bridgehead atoms. The number of nitrogens with zero attached hydrogens (tertiary/aromatic N) is 1. The summed E-state index contributed by atoms with van der Waals surface area (Å²) < 4.78 is 16.8. The molecule has 2 aliphatic heterocycles. The Hall–Kier alpha value is -3.97. The van der Waals surface area contributed by atoms with Crippen LogP contribution in [0.25, 0.3) is 0 Å². The van der Waals surface area contributed by atoms with Crippen molar-refractivity contribution in [3.8, 4) is 11.5 Å². The summed E-state index contributed by atoms with van der Waals surface area (Å²) in [7, 11) is 0. The van der Waals surface area contributed by atoms with Crippen LogP contribution in [-0.4, -0.2) is 75.3 Å². The van der Waals surface area contributed by atoms with Gasteiger partial charge in [0.15, 0.2) is 29.0 Å². The van der Waals surface area contributed by atoms with Crippen molar-refractivity contribution in [3.05, 3.63) is 70.5 Å². The van der Waals surface area contributed by atoms with Gasteiger partial charge in [-0.2, -0.15) is 0 Å². The molecule has 2 aromatic rings. The van der Waals surface area contributed by atoms with Gasteiger partial charge in [-0.1, -0.05) is 24.3 Å². The number of aliphatic hydroxyl groups excluding tert-OH is 3. The Kier molecular flexibility index (Phi) is 5.88. The Morgan fingerprint density at radius 2 is 1.67 bits per heavy atom. The van der Waals surface area contributed by atoms with Crippen molar-refractivity contribution in [2.24, 2.45) is 16.5 Å². The molecule has 2 aromatic carbocycles. The lowest BCUT2D eigenvalue weighted by Crippen LogP contribution is -2.60. The summed E-state index contributed by atoms with van der Waals surface area (Å²) in [6.45, 7) is -0.235. The first-order chi connectivity index (χ1) is 17.2. The van der Waals surface area contributed by atoms with E-state index in [1.807, 2.05) is 0 Å². The Labute approximate surface area is 204 Å². The van der Waals surface area contributed by atoms with E-state index in [2.05, 4.69) is 4.99 Å². The molecule has 8 N–H and O–H groups in total. The van der Waals surface area contributed by atoms with Gasteiger partial charge in [-0.15, -0.1) is 0 Å². The average Bonchev–Trinajstić information content (AvgIpc) is 2.88. The fourth-order valence-corrected chi connectivity index (χ4v) is 4.51. The summed E-state index contributed by atoms with van der Waals surface area (Å²) in [6.07, 6.45) is -5.02. The molecule has 0 radical (unpaired) electrons. The topological polar surface area (TPSA) is 207 Å². The number of hydrogen-bond donors (Lipinski definition) is 6. The normalized spacial score (nSPS) is 29.9. The predicted molar refractivity (Wildman–Crippen MR) is 122 cm³/mol. The molecule has 5 rings (SSSR count). The Morgan fingerprint density at radius 3 is 2.36 bits per heavy atom. The highest BCUT2D eigenvalue weighted by Crippen LogP contribution is 2.45. The Balaban J connectivity index is 1.74. The number of rotatable bonds is 1. The molecule has 0 amide bonds. The molecule has 188 valence electrons. The molecular weight excluding hydrogens is 474 g/mol. The number of nitrogens with two attached hydrogens (primary N) is 2. The second-order valence-electron chi connectivity index (χ2n) is 8.56. The number of carbonyl (C=O) groups excluding carboxylic acids is 2. The standard InChI is InChI=1S/C24H23N3O9/c25-24(26)27-13-5-6-34-8-14-18(30)20(32)21(33)23(35-14)36-22-11(13)7-12-15(19(22)31)17(29)10-4-2-1-3-9(10)16(12)28/h1-7,13-14,18,20-21,23,30-33H,8H2,(H4,25,26,27)/b6-5+/t13-,14+,18+,20-,21+,23-/m1/s1. The minimum Gasteiger partial charge on any atom is -0.504 e. The van der Waals surface area contributed by atoms with Crippen LogP contribution in [0.4, 0.5) is 0 Å². The van der Waals surface area contributed by atoms with Gasteiger partial charge in [-0.05, 0) is 12.1 Å². The minimum atomic E-state index is -1.74. The van der Waals surface area contributed by atoms with Crippen LogP contribution in [0.15, 0.2) is 47.7 Å². The lowest BCUT2D eigenvalue weighted by Gasteiger charge is -2.40. The second kappa shape index (κ2) is 8.91. The van der Waals surface area contributed by atoms with Gasteiger partial charge in [0.25, 0.3) is 0 Å². The third-order valence-corrected chi connectivity index (χ3v) is 6.30. The molecule has 0 saturated carbocycles. The summed E-state index contributed by atoms with van der Waals surface area (Å²) >= 11 is 0. The zero-order chi connectivity index (χ0) is 25.7. The van der Waals surface area contributed by atoms with Gasteiger partial charge in [0.2, 0.25) is 6.29 Å². The fraction of sp³-hybridized carbons (Fsp3) is 0.292. The first-order valence-corrected chi connectivity index (χ1v) is 11.0. The maximum atomic E-state index is 13.3. The van der Waals surface area contributed by atoms with Crippen molar-refractivity contribution < 1.29 is 44.2 Å². The molecule has 0 spiro atoms. The molecule has 0 unspecified atom stereocenters. The molecule has 6 atom stereocenters. The molecule has 3 aliphatic rings. The summed E-state index contributed by atoms with van der Waals surface area (Å²) in [5, 5.41) is 42.4. The van der Waals surface area contributed by atoms with Gasteiger partial charge < -0.3 is 46.1 Å². The summed E-state index contributed by atoms with van der Waals surface area (Å²) in [5.41, 5.74) is 11.1. The van der Waals surface area contributed by atoms with E-state index in [-0.39, 0.29) is 46.1 Å². The van der Waals surface area contributed by atoms with E-state index in [9.17, 15) is 30.0 Å². The third kappa shape index (κ3) is 3.76. The van der Waals surface area contributed by atoms with Gasteiger partial charge in [0.1, 0.15) is 37.1 Å². The largest absolute Gasteiger partial charge is 0.504 e. The monoisotopic (exact) mass is 497 g/mol. The number of ether oxygens (including phenoxy) is 3. The number of fused-ring (bicyclic) bond motifs is 5. The molecule has 2 heterocycles. The Bertz CT molecular complexity index is 1300. The Morgan fingerprint density at radius 1 is 0.972 bits per heavy atom. The van der Waals surface area contributed by atoms with E-state index in [1.165, 1.54) is 30.5 Å². The van der Waals surface area contributed by atoms with E-state index in [0.29, 0.717) is 0 Å². The predicted octanol–water partition coefficient (Wildman–Crippen LogP) is -0.788. The average molecular weight is 497 g/mol. The maximum Gasteiger partial charge on any atom is 0.229 e. The highest BCUT2D eigenvalue weighted by molar-refractivity contribution is 6.29. The zero-order valence-electron chi connectivity index (χ0n) is 18.6. The number of carbonyl (C=O) groups is 2. The molecule has 1 aliphatic carbocycles. The molecular formula is C24H23N3O9. The second-order valence-corrected chi connectivity index (χ2v) is 8.56. The van der Waals surface area contributed by atoms with Crippen LogP contribution < -0.4 is 16.2 Å². The van der Waals surface area contributed by atoms with Crippen LogP contribution in [0, 0.1) is 0 Å². The first kappa shape index (κ1) is 23.8. The van der Waals surface area contributed by atoms with Gasteiger partial charge in [0, 0.05) is 22.3 Å². The number of phenolic OH excluding ortho intramolecular Hbond substituents is 1. The van der Waals surface area contributed by atoms with E-state index in [0.717, 1.165) is 0 Å². The van der Waals surface area contributed by atoms with Crippen molar-refractivity contribution in [3.63, 3.8) is 0 Å². The van der Waals surface area contributed by atoms with E-state index in [1.54, 1.807) is 12.1 Å². The van der Waals surface area contributed by atoms with Gasteiger partial charge in [0.05, 0.1) is 11.8 Å². The molecule has 36 heavy (non-hydrogen) atoms. The van der Waals surface area contributed by atoms with Gasteiger partial charge >= 0.3 is 0 Å². The number of hydrogen-bond acceptors (Lipinski definition) is 10. The SMILES string of the molecule is NC(N)=N[C@@H]1/C=C/OC[C@@H]2O[C@H](Oc3c1cc1c(c3O)C(=O)c3ccccc3C1=O)[C@@H](O)[C@H](O)[C@H]2O. The molecule has 12 heteroatoms. The highest BCUT2D eigenvalue weighted by Gasteiger charge is 2.46. The van der Waals surface area contributed by atoms with Crippen molar-refractivity contribution in [1.82, 2.24) is 0 Å². The third-order valence-electron chi connectivity index (χ3n) is 6.30. The van der Waals surface area contributed by atoms with E-state index >= 15 is 0 Å². The first-order valence-electron chi connectivity index (χ1n) is 11.0. The number of aliphatic hydroxyl groups is 3. The fourth-order valence-electron chi connectivity index (χ4n) is 4.51. The van der Waals surface area contributed by atoms with Gasteiger partial charge in [-0.25, -0.2) is 4.99 Å². The maximum absolute atomic E-state index is 13.3. The summed E-state index contributed by atoms with van der Waals surface area (Å²) in [6, 6.07) is 6.43. The van der Waals surface area contributed by atoms with Crippen LogP contribution in [0.5, 0.6) is 11.5 Å². The lowest BCUT2D eigenvalue weighted by atomic mass is 9.81. The molecule has 1 fully saturated rings. The molecule has 12 nitrogen and oxygen atoms in total. The van der Waals surface area contributed by atoms with Crippen LogP contribution in [-0.2, 0) is 9.47 Å². The number of ketones is 2. The lowest BCUT2D eigenvalue weighted by molar-refractivity contribution is -0.277. The minimum absolute atomic E-state index is 0.0508.